The van der Waals surface area contributed by atoms with E-state index in [1.165, 1.54) is 17.7 Å². The van der Waals surface area contributed by atoms with Crippen LogP contribution in [0.3, 0.4) is 0 Å². The zero-order valence-electron chi connectivity index (χ0n) is 18.6. The van der Waals surface area contributed by atoms with Crippen molar-refractivity contribution in [3.63, 3.8) is 0 Å². The first-order valence-corrected chi connectivity index (χ1v) is 12.6. The number of piperazine rings is 1. The van der Waals surface area contributed by atoms with Crippen molar-refractivity contribution < 1.29 is 18.1 Å². The van der Waals surface area contributed by atoms with Crippen LogP contribution in [0.25, 0.3) is 0 Å². The Labute approximate surface area is 193 Å². The molecule has 2 N–H and O–H groups in total. The molecule has 0 spiro atoms. The van der Waals surface area contributed by atoms with Crippen LogP contribution < -0.4 is 10.6 Å². The number of nitrogens with one attached hydrogen (secondary N) is 2. The van der Waals surface area contributed by atoms with E-state index >= 15 is 0 Å². The molecule has 1 saturated heterocycles. The summed E-state index contributed by atoms with van der Waals surface area (Å²) in [7, 11) is -3.54. The number of nitro groups is 1. The van der Waals surface area contributed by atoms with E-state index in [0.717, 1.165) is 45.0 Å². The molecule has 1 heterocycles. The fourth-order valence-corrected chi connectivity index (χ4v) is 4.29. The fourth-order valence-electron chi connectivity index (χ4n) is 3.65. The molecule has 1 amide bonds. The summed E-state index contributed by atoms with van der Waals surface area (Å²) in [4.78, 5) is 27.3. The van der Waals surface area contributed by atoms with Crippen molar-refractivity contribution in [2.24, 2.45) is 0 Å². The lowest BCUT2D eigenvalue weighted by Gasteiger charge is -2.34. The zero-order valence-corrected chi connectivity index (χ0v) is 19.4. The SMILES string of the molecule is CS(=O)(=O)c1ccc(NCCNC(=O)CN2CCN(Cc3ccccc3)CC2)c([N+](=O)[O-])c1. The van der Waals surface area contributed by atoms with Crippen LogP contribution in [0.4, 0.5) is 11.4 Å². The van der Waals surface area contributed by atoms with Crippen LogP contribution in [0.2, 0.25) is 0 Å². The van der Waals surface area contributed by atoms with E-state index in [-0.39, 0.29) is 35.3 Å². The Morgan fingerprint density at radius 3 is 2.33 bits per heavy atom. The summed E-state index contributed by atoms with van der Waals surface area (Å²) in [6, 6.07) is 14.0. The molecule has 0 unspecified atom stereocenters. The van der Waals surface area contributed by atoms with Gasteiger partial charge < -0.3 is 10.6 Å². The monoisotopic (exact) mass is 475 g/mol. The minimum atomic E-state index is -3.54. The second kappa shape index (κ2) is 11.2. The summed E-state index contributed by atoms with van der Waals surface area (Å²) in [5.41, 5.74) is 1.16. The van der Waals surface area contributed by atoms with E-state index in [4.69, 9.17) is 0 Å². The number of hydrogen-bond donors (Lipinski definition) is 2. The van der Waals surface area contributed by atoms with E-state index in [9.17, 15) is 23.3 Å². The smallest absolute Gasteiger partial charge is 0.293 e. The molecule has 0 radical (unpaired) electrons. The molecule has 2 aromatic carbocycles. The van der Waals surface area contributed by atoms with Crippen LogP contribution in [-0.4, -0.2) is 81.1 Å². The van der Waals surface area contributed by atoms with Gasteiger partial charge in [-0.2, -0.15) is 0 Å². The molecule has 11 heteroatoms. The number of hydrogen-bond acceptors (Lipinski definition) is 8. The van der Waals surface area contributed by atoms with Gasteiger partial charge in [0.1, 0.15) is 5.69 Å². The lowest BCUT2D eigenvalue weighted by molar-refractivity contribution is -0.384. The molecule has 0 aliphatic carbocycles. The first-order chi connectivity index (χ1) is 15.7. The maximum Gasteiger partial charge on any atom is 0.293 e. The van der Waals surface area contributed by atoms with Gasteiger partial charge >= 0.3 is 0 Å². The Morgan fingerprint density at radius 1 is 1.03 bits per heavy atom. The summed E-state index contributed by atoms with van der Waals surface area (Å²) in [6.07, 6.45) is 0.998. The van der Waals surface area contributed by atoms with Crippen LogP contribution in [0.1, 0.15) is 5.56 Å². The van der Waals surface area contributed by atoms with Crippen molar-refractivity contribution in [2.45, 2.75) is 11.4 Å². The second-order valence-corrected chi connectivity index (χ2v) is 10.0. The third-order valence-electron chi connectivity index (χ3n) is 5.44. The molecule has 10 nitrogen and oxygen atoms in total. The normalized spacial score (nSPS) is 15.2. The van der Waals surface area contributed by atoms with E-state index in [2.05, 4.69) is 32.6 Å². The van der Waals surface area contributed by atoms with E-state index < -0.39 is 14.8 Å². The van der Waals surface area contributed by atoms with Crippen molar-refractivity contribution in [3.05, 3.63) is 64.2 Å². The molecule has 33 heavy (non-hydrogen) atoms. The van der Waals surface area contributed by atoms with Gasteiger partial charge in [-0.1, -0.05) is 30.3 Å². The average molecular weight is 476 g/mol. The molecule has 0 saturated carbocycles. The third kappa shape index (κ3) is 7.52. The van der Waals surface area contributed by atoms with Crippen molar-refractivity contribution in [1.82, 2.24) is 15.1 Å². The lowest BCUT2D eigenvalue weighted by atomic mass is 10.2. The van der Waals surface area contributed by atoms with Crippen LogP contribution in [0.5, 0.6) is 0 Å². The molecule has 3 rings (SSSR count). The van der Waals surface area contributed by atoms with Gasteiger partial charge in [-0.05, 0) is 17.7 Å². The highest BCUT2D eigenvalue weighted by Crippen LogP contribution is 2.27. The summed E-state index contributed by atoms with van der Waals surface area (Å²) in [6.45, 7) is 5.21. The van der Waals surface area contributed by atoms with Gasteiger partial charge in [0.05, 0.1) is 16.4 Å². The van der Waals surface area contributed by atoms with Crippen molar-refractivity contribution in [2.75, 3.05) is 57.4 Å². The zero-order chi connectivity index (χ0) is 23.8. The Morgan fingerprint density at radius 2 is 1.70 bits per heavy atom. The number of nitro benzene ring substituents is 1. The molecule has 0 atom stereocenters. The van der Waals surface area contributed by atoms with Gasteiger partial charge in [0.15, 0.2) is 9.84 Å². The molecular formula is C22H29N5O5S. The minimum Gasteiger partial charge on any atom is -0.378 e. The molecule has 2 aromatic rings. The minimum absolute atomic E-state index is 0.102. The van der Waals surface area contributed by atoms with Crippen LogP contribution >= 0.6 is 0 Å². The first kappa shape index (κ1) is 24.6. The average Bonchev–Trinajstić information content (AvgIpc) is 2.78. The molecule has 1 aliphatic rings. The van der Waals surface area contributed by atoms with Crippen molar-refractivity contribution in [3.8, 4) is 0 Å². The van der Waals surface area contributed by atoms with Gasteiger partial charge in [-0.15, -0.1) is 0 Å². The van der Waals surface area contributed by atoms with Crippen molar-refractivity contribution in [1.29, 1.82) is 0 Å². The van der Waals surface area contributed by atoms with Gasteiger partial charge in [0.2, 0.25) is 5.91 Å². The first-order valence-electron chi connectivity index (χ1n) is 10.7. The quantitative estimate of drug-likeness (QED) is 0.300. The third-order valence-corrected chi connectivity index (χ3v) is 6.55. The largest absolute Gasteiger partial charge is 0.378 e. The Bertz CT molecular complexity index is 1070. The summed E-state index contributed by atoms with van der Waals surface area (Å²) >= 11 is 0. The van der Waals surface area contributed by atoms with Crippen LogP contribution in [0.15, 0.2) is 53.4 Å². The number of rotatable bonds is 10. The van der Waals surface area contributed by atoms with Crippen LogP contribution in [0, 0.1) is 10.1 Å². The molecule has 178 valence electrons. The second-order valence-electron chi connectivity index (χ2n) is 8.02. The van der Waals surface area contributed by atoms with Crippen LogP contribution in [-0.2, 0) is 21.2 Å². The number of carbonyl (C=O) groups excluding carboxylic acids is 1. The number of amides is 1. The highest BCUT2D eigenvalue weighted by Gasteiger charge is 2.20. The van der Waals surface area contributed by atoms with Gasteiger partial charge in [0, 0.05) is 58.1 Å². The number of carbonyl (C=O) groups is 1. The predicted octanol–water partition coefficient (Wildman–Crippen LogP) is 1.34. The molecule has 1 fully saturated rings. The predicted molar refractivity (Wildman–Crippen MR) is 126 cm³/mol. The van der Waals surface area contributed by atoms with Gasteiger partial charge in [0.25, 0.3) is 5.69 Å². The number of anilines is 1. The molecule has 0 aromatic heterocycles. The number of benzene rings is 2. The summed E-state index contributed by atoms with van der Waals surface area (Å²) in [5.74, 6) is -0.102. The summed E-state index contributed by atoms with van der Waals surface area (Å²) in [5, 5.41) is 17.0. The summed E-state index contributed by atoms with van der Waals surface area (Å²) < 4.78 is 23.2. The Kier molecular flexibility index (Phi) is 8.37. The number of nitrogens with zero attached hydrogens (tertiary/aromatic N) is 3. The highest BCUT2D eigenvalue weighted by molar-refractivity contribution is 7.90. The van der Waals surface area contributed by atoms with Gasteiger partial charge in [-0.3, -0.25) is 24.7 Å². The standard InChI is InChI=1S/C22H29N5O5S/c1-33(31,32)19-7-8-20(21(15-19)27(29)30)23-9-10-24-22(28)17-26-13-11-25(12-14-26)16-18-5-3-2-4-6-18/h2-8,15,23H,9-14,16-17H2,1H3,(H,24,28). The molecule has 0 bridgehead atoms. The maximum absolute atomic E-state index is 12.3. The van der Waals surface area contributed by atoms with Crippen molar-refractivity contribution >= 4 is 27.1 Å². The fraction of sp³-hybridized carbons (Fsp3) is 0.409. The topological polar surface area (TPSA) is 125 Å². The van der Waals surface area contributed by atoms with E-state index in [1.807, 2.05) is 18.2 Å². The number of sulfone groups is 1. The Hall–Kier alpha value is -3.02. The molecule has 1 aliphatic heterocycles. The lowest BCUT2D eigenvalue weighted by Crippen LogP contribution is -2.49. The van der Waals surface area contributed by atoms with E-state index in [0.29, 0.717) is 6.54 Å². The highest BCUT2D eigenvalue weighted by atomic mass is 32.2. The Balaban J connectivity index is 1.38. The van der Waals surface area contributed by atoms with Gasteiger partial charge in [-0.25, -0.2) is 8.42 Å². The molecular weight excluding hydrogens is 446 g/mol. The van der Waals surface area contributed by atoms with E-state index in [1.54, 1.807) is 0 Å². The maximum atomic E-state index is 12.3.